The summed E-state index contributed by atoms with van der Waals surface area (Å²) in [6, 6.07) is -3.41. The van der Waals surface area contributed by atoms with Gasteiger partial charge in [-0.25, -0.2) is 82.1 Å². The second-order valence-electron chi connectivity index (χ2n) is 24.7. The van der Waals surface area contributed by atoms with Gasteiger partial charge < -0.3 is 5.32 Å². The molecule has 0 bridgehead atoms. The number of nitrogens with one attached hydrogen (secondary N) is 1. The molecule has 14 amide bonds. The van der Waals surface area contributed by atoms with E-state index in [4.69, 9.17) is 0 Å². The molecule has 7 saturated heterocycles. The number of isocyanates is 8. The molecule has 0 aliphatic carbocycles. The molecule has 1 N–H and O–H groups in total. The summed E-state index contributed by atoms with van der Waals surface area (Å²) in [6.45, 7) is 3.41. The van der Waals surface area contributed by atoms with E-state index in [0.29, 0.717) is 136 Å². The number of hydrogen-bond donors (Lipinski definition) is 1. The van der Waals surface area contributed by atoms with Crippen molar-refractivity contribution >= 4 is 90.9 Å². The first-order valence-electron chi connectivity index (χ1n) is 33.6. The van der Waals surface area contributed by atoms with Gasteiger partial charge in [0.25, 0.3) is 0 Å². The molecule has 3 spiro atoms. The van der Waals surface area contributed by atoms with E-state index in [1.54, 1.807) is 24.3 Å². The minimum Gasteiger partial charge on any atom is -0.305 e. The summed E-state index contributed by atoms with van der Waals surface area (Å²) in [4.78, 5) is 215. The van der Waals surface area contributed by atoms with Crippen molar-refractivity contribution in [1.82, 2.24) is 20.0 Å². The summed E-state index contributed by atoms with van der Waals surface area (Å²) in [5, 5.41) is 2.90. The average molecular weight is 1310 g/mol. The Bertz CT molecular complexity index is 2950. The van der Waals surface area contributed by atoms with E-state index < -0.39 is 74.4 Å². The first-order chi connectivity index (χ1) is 45.8. The van der Waals surface area contributed by atoms with E-state index in [1.165, 1.54) is 34.1 Å². The number of unbranched alkanes of at least 4 members (excludes halogenated alkanes) is 9. The molecule has 0 aromatic carbocycles. The van der Waals surface area contributed by atoms with Crippen molar-refractivity contribution in [3.05, 3.63) is 0 Å². The van der Waals surface area contributed by atoms with Crippen LogP contribution in [-0.2, 0) is 38.4 Å². The van der Waals surface area contributed by atoms with E-state index in [-0.39, 0.29) is 42.7 Å². The van der Waals surface area contributed by atoms with Gasteiger partial charge in [-0.05, 0) is 135 Å². The monoisotopic (exact) mass is 1310 g/mol. The normalized spacial score (nSPS) is 26.4. The van der Waals surface area contributed by atoms with Crippen molar-refractivity contribution in [2.75, 3.05) is 72.0 Å². The van der Waals surface area contributed by atoms with Gasteiger partial charge in [0.2, 0.25) is 73.3 Å². The van der Waals surface area contributed by atoms with Crippen LogP contribution in [0, 0.1) is 0 Å². The molecule has 31 heteroatoms. The molecule has 7 aliphatic rings. The van der Waals surface area contributed by atoms with Crippen molar-refractivity contribution in [3.63, 3.8) is 0 Å². The third kappa shape index (κ3) is 18.8. The Balaban J connectivity index is 0.000000261. The largest absolute Gasteiger partial charge is 0.536 e. The molecule has 0 aromatic heterocycles. The third-order valence-electron chi connectivity index (χ3n) is 19.0. The molecule has 0 aromatic rings. The molecule has 7 aliphatic heterocycles. The summed E-state index contributed by atoms with van der Waals surface area (Å²) < 4.78 is -2.46. The van der Waals surface area contributed by atoms with E-state index in [1.807, 2.05) is 0 Å². The highest BCUT2D eigenvalue weighted by Gasteiger charge is 2.74. The van der Waals surface area contributed by atoms with Gasteiger partial charge in [-0.2, -0.15) is 19.6 Å². The number of quaternary nitrogens is 4. The Morgan fingerprint density at radius 2 is 0.745 bits per heavy atom. The van der Waals surface area contributed by atoms with Gasteiger partial charge in [0, 0.05) is 51.9 Å². The summed E-state index contributed by atoms with van der Waals surface area (Å²) in [5.74, 6) is 0. The maximum absolute atomic E-state index is 14.5. The average Bonchev–Trinajstić information content (AvgIpc) is 0.997. The van der Waals surface area contributed by atoms with Gasteiger partial charge in [0.05, 0.1) is 32.7 Å². The molecule has 7 rings (SSSR count). The zero-order valence-corrected chi connectivity index (χ0v) is 54.1. The number of rotatable bonds is 26. The highest BCUT2D eigenvalue weighted by Crippen LogP contribution is 2.42. The van der Waals surface area contributed by atoms with Gasteiger partial charge in [-0.1, -0.05) is 44.9 Å². The molecule has 7 heterocycles. The van der Waals surface area contributed by atoms with Gasteiger partial charge in [0.15, 0.2) is 0 Å². The lowest BCUT2D eigenvalue weighted by Crippen LogP contribution is -2.83. The number of aliphatic imine (C=N–C) groups is 8. The molecule has 0 radical (unpaired) electrons. The first kappa shape index (κ1) is 76.5. The molecule has 31 nitrogen and oxygen atoms in total. The van der Waals surface area contributed by atoms with E-state index in [0.717, 1.165) is 120 Å². The summed E-state index contributed by atoms with van der Waals surface area (Å²) in [6.07, 6.45) is 30.7. The number of carbonyl (C=O) groups excluding carboxylic acids is 15. The van der Waals surface area contributed by atoms with Crippen LogP contribution in [0.4, 0.5) is 33.6 Å². The summed E-state index contributed by atoms with van der Waals surface area (Å²) >= 11 is 0. The fraction of sp³-hybridized carbons (Fsp3) is 0.762. The van der Waals surface area contributed by atoms with Crippen LogP contribution in [-0.4, -0.2) is 226 Å². The lowest BCUT2D eigenvalue weighted by atomic mass is 10.1. The number of imide groups is 6. The summed E-state index contributed by atoms with van der Waals surface area (Å²) in [5.41, 5.74) is 0. The van der Waals surface area contributed by atoms with Crippen LogP contribution in [0.2, 0.25) is 0 Å². The van der Waals surface area contributed by atoms with Gasteiger partial charge in [-0.3, -0.25) is 4.90 Å². The minimum atomic E-state index is -0.971. The maximum atomic E-state index is 14.5. The topological polar surface area (TPSA) is 377 Å². The number of hydrogen-bond acceptors (Lipinski definition) is 23. The molecule has 510 valence electrons. The second-order valence-corrected chi connectivity index (χ2v) is 24.7. The van der Waals surface area contributed by atoms with Gasteiger partial charge in [0.1, 0.15) is 19.3 Å². The Labute approximate surface area is 547 Å². The second kappa shape index (κ2) is 40.8. The summed E-state index contributed by atoms with van der Waals surface area (Å²) in [7, 11) is 0. The molecule has 7 fully saturated rings. The van der Waals surface area contributed by atoms with Gasteiger partial charge in [-0.15, -0.1) is 37.9 Å². The number of likely N-dealkylation sites (tertiary alicyclic amines) is 2. The van der Waals surface area contributed by atoms with Crippen molar-refractivity contribution in [3.8, 4) is 0 Å². The maximum Gasteiger partial charge on any atom is 0.536 e. The smallest absolute Gasteiger partial charge is 0.305 e. The van der Waals surface area contributed by atoms with Crippen molar-refractivity contribution < 1.29 is 89.9 Å². The van der Waals surface area contributed by atoms with Crippen LogP contribution in [0.25, 0.3) is 0 Å². The van der Waals surface area contributed by atoms with Crippen molar-refractivity contribution in [1.29, 1.82) is 0 Å². The van der Waals surface area contributed by atoms with E-state index in [9.17, 15) is 71.9 Å². The predicted molar refractivity (Wildman–Crippen MR) is 333 cm³/mol. The standard InChI is InChI=1S/C24H34N6O6.C23H34N6O5.C16H23N4O4/c31-17-25-13-7-1-2-8-14-28-22(34)29(15-9-3-5-11-20(29)26-18-32)24(36)30(23(28)35)16-10-4-6-12-21(30)27-19-33;30-17-24-13-7-1-2-8-14-25-22(33)29(16-10-4-6-12-21(29)27-19-32)23(34)28-15-9-3-5-11-20(28)26-18-31;21-12-17-9-5-1-2-6-10-19-15(23)20(16(19)24)11-7-3-4-8-14(20)18-13-22/h20-21H,1-16H2;20-21H,1-16H2;14H,1-11H2/q+2;;+1/p+1. The SMILES string of the molecule is O=C=NCCCCCCN1C(=O)[N+]2(CCCCCC2N=C=O)C(=O)[N+]2(CCCCCC2N=C=O)C1=O.O=C=NCCCCCCN1C(=O)[N+]2(CCCCCC2N=C=O)C1=O.O=C=NCCCCCCNC(=O)[N+]1(C(=O)N2CCCCCC2N=C=O)CCCCCC1N=C=O. The first-order valence-corrected chi connectivity index (χ1v) is 33.6. The quantitative estimate of drug-likeness (QED) is 0.0364. The van der Waals surface area contributed by atoms with E-state index in [2.05, 4.69) is 45.3 Å². The minimum absolute atomic E-state index is 0.0942. The van der Waals surface area contributed by atoms with Crippen LogP contribution < -0.4 is 5.32 Å². The van der Waals surface area contributed by atoms with Gasteiger partial charge >= 0.3 is 42.2 Å². The molecule has 8 unspecified atom stereocenters. The van der Waals surface area contributed by atoms with Crippen LogP contribution >= 0.6 is 0 Å². The number of amides is 14. The van der Waals surface area contributed by atoms with E-state index >= 15 is 0 Å². The number of urea groups is 7. The zero-order valence-electron chi connectivity index (χ0n) is 54.1. The number of nitrogens with zero attached hydrogens (tertiary/aromatic N) is 15. The molecule has 94 heavy (non-hydrogen) atoms. The predicted octanol–water partition coefficient (Wildman–Crippen LogP) is 9.46. The van der Waals surface area contributed by atoms with Crippen LogP contribution in [0.3, 0.4) is 0 Å². The molecular weight excluding hydrogens is 1220 g/mol. The Kier molecular flexibility index (Phi) is 33.2. The third-order valence-corrected chi connectivity index (χ3v) is 19.0. The Morgan fingerprint density at radius 1 is 0.383 bits per heavy atom. The lowest BCUT2D eigenvalue weighted by Gasteiger charge is -2.48. The fourth-order valence-corrected chi connectivity index (χ4v) is 14.2. The molecular formula is C63H92N16O15+4. The zero-order chi connectivity index (χ0) is 68.1. The highest BCUT2D eigenvalue weighted by molar-refractivity contribution is 6.02. The number of carbonyl (C=O) groups is 7. The van der Waals surface area contributed by atoms with Crippen LogP contribution in [0.1, 0.15) is 205 Å². The Hall–Kier alpha value is -8.23. The lowest BCUT2D eigenvalue weighted by molar-refractivity contribution is -0.932. The highest BCUT2D eigenvalue weighted by atomic mass is 16.3. The molecule has 0 saturated carbocycles. The van der Waals surface area contributed by atoms with Crippen molar-refractivity contribution in [2.45, 2.75) is 236 Å². The van der Waals surface area contributed by atoms with Crippen LogP contribution in [0.5, 0.6) is 0 Å². The van der Waals surface area contributed by atoms with Crippen molar-refractivity contribution in [2.24, 2.45) is 39.9 Å². The van der Waals surface area contributed by atoms with Crippen LogP contribution in [0.15, 0.2) is 39.9 Å². The Morgan fingerprint density at radius 3 is 1.19 bits per heavy atom. The fourth-order valence-electron chi connectivity index (χ4n) is 14.2. The molecule has 8 atom stereocenters.